The van der Waals surface area contributed by atoms with Gasteiger partial charge in [0.05, 0.1) is 12.9 Å². The maximum Gasteiger partial charge on any atom is 0.328 e. The molecule has 23 heavy (non-hydrogen) atoms. The maximum absolute atomic E-state index is 12.3. The van der Waals surface area contributed by atoms with E-state index in [9.17, 15) is 18.0 Å². The lowest BCUT2D eigenvalue weighted by atomic mass is 10.0. The zero-order valence-electron chi connectivity index (χ0n) is 13.7. The van der Waals surface area contributed by atoms with Crippen molar-refractivity contribution in [1.82, 2.24) is 9.21 Å². The van der Waals surface area contributed by atoms with Crippen molar-refractivity contribution in [3.8, 4) is 0 Å². The Morgan fingerprint density at radius 3 is 2.39 bits per heavy atom. The van der Waals surface area contributed by atoms with Crippen molar-refractivity contribution in [1.29, 1.82) is 0 Å². The van der Waals surface area contributed by atoms with Gasteiger partial charge in [-0.2, -0.15) is 0 Å². The minimum atomic E-state index is -3.25. The molecule has 132 valence electrons. The van der Waals surface area contributed by atoms with Gasteiger partial charge < -0.3 is 9.64 Å². The first kappa shape index (κ1) is 18.2. The average molecular weight is 346 g/mol. The van der Waals surface area contributed by atoms with E-state index in [2.05, 4.69) is 0 Å². The lowest BCUT2D eigenvalue weighted by molar-refractivity contribution is -0.154. The van der Waals surface area contributed by atoms with E-state index >= 15 is 0 Å². The molecule has 2 rings (SSSR count). The van der Waals surface area contributed by atoms with Gasteiger partial charge in [-0.05, 0) is 38.5 Å². The van der Waals surface area contributed by atoms with Gasteiger partial charge in [-0.3, -0.25) is 4.79 Å². The van der Waals surface area contributed by atoms with Crippen LogP contribution in [0.1, 0.15) is 44.9 Å². The Morgan fingerprint density at radius 2 is 1.74 bits per heavy atom. The standard InChI is InChI=1S/C15H26N2O5S/c1-22-15(19)13-7-2-3-11-17(13)14(18)8-6-12-23(20,21)16-9-4-5-10-16/h13H,2-12H2,1H3/t13-/m0/s1. The van der Waals surface area contributed by atoms with Crippen LogP contribution < -0.4 is 0 Å². The first-order chi connectivity index (χ1) is 11.0. The van der Waals surface area contributed by atoms with Crippen LogP contribution in [0.15, 0.2) is 0 Å². The first-order valence-corrected chi connectivity index (χ1v) is 9.92. The Labute approximate surface area is 138 Å². The van der Waals surface area contributed by atoms with E-state index in [1.165, 1.54) is 11.4 Å². The van der Waals surface area contributed by atoms with E-state index in [0.29, 0.717) is 32.5 Å². The quantitative estimate of drug-likeness (QED) is 0.663. The minimum Gasteiger partial charge on any atom is -0.467 e. The molecule has 0 aromatic rings. The Bertz CT molecular complexity index is 528. The third kappa shape index (κ3) is 4.67. The number of rotatable bonds is 6. The van der Waals surface area contributed by atoms with Crippen LogP contribution in [0.2, 0.25) is 0 Å². The maximum atomic E-state index is 12.3. The number of esters is 1. The smallest absolute Gasteiger partial charge is 0.328 e. The highest BCUT2D eigenvalue weighted by atomic mass is 32.2. The van der Waals surface area contributed by atoms with E-state index in [0.717, 1.165) is 25.7 Å². The topological polar surface area (TPSA) is 84.0 Å². The second-order valence-electron chi connectivity index (χ2n) is 6.15. The minimum absolute atomic E-state index is 0.00449. The van der Waals surface area contributed by atoms with Gasteiger partial charge in [-0.1, -0.05) is 0 Å². The van der Waals surface area contributed by atoms with Crippen LogP contribution in [0.4, 0.5) is 0 Å². The predicted octanol–water partition coefficient (Wildman–Crippen LogP) is 0.746. The van der Waals surface area contributed by atoms with Crippen molar-refractivity contribution in [2.45, 2.75) is 51.0 Å². The Morgan fingerprint density at radius 1 is 1.09 bits per heavy atom. The number of likely N-dealkylation sites (tertiary alicyclic amines) is 1. The van der Waals surface area contributed by atoms with Crippen molar-refractivity contribution in [2.75, 3.05) is 32.5 Å². The van der Waals surface area contributed by atoms with Gasteiger partial charge in [0.15, 0.2) is 0 Å². The van der Waals surface area contributed by atoms with Crippen molar-refractivity contribution in [3.63, 3.8) is 0 Å². The van der Waals surface area contributed by atoms with Gasteiger partial charge in [0.1, 0.15) is 6.04 Å². The summed E-state index contributed by atoms with van der Waals surface area (Å²) in [6, 6.07) is -0.517. The number of methoxy groups -OCH3 is 1. The van der Waals surface area contributed by atoms with Crippen molar-refractivity contribution in [3.05, 3.63) is 0 Å². The molecule has 0 aliphatic carbocycles. The third-order valence-electron chi connectivity index (χ3n) is 4.55. The van der Waals surface area contributed by atoms with Crippen molar-refractivity contribution >= 4 is 21.9 Å². The zero-order valence-corrected chi connectivity index (χ0v) is 14.5. The molecule has 0 unspecified atom stereocenters. The molecule has 8 heteroatoms. The number of hydrogen-bond acceptors (Lipinski definition) is 5. The fourth-order valence-electron chi connectivity index (χ4n) is 3.26. The van der Waals surface area contributed by atoms with Gasteiger partial charge in [-0.25, -0.2) is 17.5 Å². The molecule has 0 bridgehead atoms. The summed E-state index contributed by atoms with van der Waals surface area (Å²) in [5.74, 6) is -0.547. The molecule has 1 atom stereocenters. The molecule has 0 aromatic heterocycles. The highest BCUT2D eigenvalue weighted by Gasteiger charge is 2.33. The molecule has 0 spiro atoms. The van der Waals surface area contributed by atoms with Crippen LogP contribution in [0.3, 0.4) is 0 Å². The molecule has 0 radical (unpaired) electrons. The number of amides is 1. The average Bonchev–Trinajstić information content (AvgIpc) is 3.09. The molecule has 2 aliphatic rings. The van der Waals surface area contributed by atoms with Crippen LogP contribution in [-0.4, -0.2) is 68.0 Å². The molecule has 2 saturated heterocycles. The third-order valence-corrected chi connectivity index (χ3v) is 6.50. The lowest BCUT2D eigenvalue weighted by Gasteiger charge is -2.33. The summed E-state index contributed by atoms with van der Waals surface area (Å²) >= 11 is 0. The van der Waals surface area contributed by atoms with Gasteiger partial charge in [0.25, 0.3) is 0 Å². The molecule has 1 amide bonds. The molecule has 7 nitrogen and oxygen atoms in total. The van der Waals surface area contributed by atoms with Crippen LogP contribution in [-0.2, 0) is 24.3 Å². The fourth-order valence-corrected chi connectivity index (χ4v) is 4.84. The normalized spacial score (nSPS) is 23.0. The Balaban J connectivity index is 1.84. The number of carbonyl (C=O) groups excluding carboxylic acids is 2. The van der Waals surface area contributed by atoms with Gasteiger partial charge in [0, 0.05) is 26.1 Å². The molecule has 0 aromatic carbocycles. The summed E-state index contributed by atoms with van der Waals surface area (Å²) in [5, 5.41) is 0. The number of nitrogens with zero attached hydrogens (tertiary/aromatic N) is 2. The van der Waals surface area contributed by atoms with E-state index < -0.39 is 16.1 Å². The molecular weight excluding hydrogens is 320 g/mol. The molecule has 2 heterocycles. The van der Waals surface area contributed by atoms with Crippen LogP contribution >= 0.6 is 0 Å². The second kappa shape index (κ2) is 8.10. The molecular formula is C15H26N2O5S. The van der Waals surface area contributed by atoms with Crippen molar-refractivity contribution in [2.24, 2.45) is 0 Å². The van der Waals surface area contributed by atoms with Crippen LogP contribution in [0.5, 0.6) is 0 Å². The van der Waals surface area contributed by atoms with Gasteiger partial charge >= 0.3 is 5.97 Å². The summed E-state index contributed by atoms with van der Waals surface area (Å²) < 4.78 is 30.5. The highest BCUT2D eigenvalue weighted by molar-refractivity contribution is 7.89. The van der Waals surface area contributed by atoms with E-state index in [4.69, 9.17) is 4.74 Å². The summed E-state index contributed by atoms with van der Waals surface area (Å²) in [6.07, 6.45) is 4.64. The SMILES string of the molecule is COC(=O)[C@@H]1CCCCN1C(=O)CCCS(=O)(=O)N1CCCC1. The molecule has 2 aliphatic heterocycles. The largest absolute Gasteiger partial charge is 0.467 e. The lowest BCUT2D eigenvalue weighted by Crippen LogP contribution is -2.48. The number of sulfonamides is 1. The summed E-state index contributed by atoms with van der Waals surface area (Å²) in [4.78, 5) is 25.7. The fraction of sp³-hybridized carbons (Fsp3) is 0.867. The second-order valence-corrected chi connectivity index (χ2v) is 8.24. The highest BCUT2D eigenvalue weighted by Crippen LogP contribution is 2.20. The molecule has 2 fully saturated rings. The zero-order chi connectivity index (χ0) is 16.9. The van der Waals surface area contributed by atoms with E-state index in [-0.39, 0.29) is 24.1 Å². The van der Waals surface area contributed by atoms with E-state index in [1.807, 2.05) is 0 Å². The van der Waals surface area contributed by atoms with E-state index in [1.54, 1.807) is 4.90 Å². The van der Waals surface area contributed by atoms with Gasteiger partial charge in [0.2, 0.25) is 15.9 Å². The van der Waals surface area contributed by atoms with Crippen LogP contribution in [0, 0.1) is 0 Å². The molecule has 0 N–H and O–H groups in total. The Hall–Kier alpha value is -1.15. The summed E-state index contributed by atoms with van der Waals surface area (Å²) in [7, 11) is -1.93. The predicted molar refractivity (Wildman–Crippen MR) is 85.2 cm³/mol. The number of piperidine rings is 1. The Kier molecular flexibility index (Phi) is 6.41. The first-order valence-electron chi connectivity index (χ1n) is 8.31. The number of hydrogen-bond donors (Lipinski definition) is 0. The van der Waals surface area contributed by atoms with Crippen molar-refractivity contribution < 1.29 is 22.7 Å². The summed E-state index contributed by atoms with van der Waals surface area (Å²) in [5.41, 5.74) is 0. The van der Waals surface area contributed by atoms with Crippen LogP contribution in [0.25, 0.3) is 0 Å². The van der Waals surface area contributed by atoms with Gasteiger partial charge in [-0.15, -0.1) is 0 Å². The number of ether oxygens (including phenoxy) is 1. The summed E-state index contributed by atoms with van der Waals surface area (Å²) in [6.45, 7) is 1.72. The molecule has 0 saturated carbocycles. The monoisotopic (exact) mass is 346 g/mol. The number of carbonyl (C=O) groups is 2.